The fourth-order valence-electron chi connectivity index (χ4n) is 1.92. The summed E-state index contributed by atoms with van der Waals surface area (Å²) in [5, 5.41) is 3.18. The molecule has 1 fully saturated rings. The molecule has 1 saturated heterocycles. The van der Waals surface area contributed by atoms with Crippen molar-refractivity contribution in [2.75, 3.05) is 13.1 Å². The van der Waals surface area contributed by atoms with Gasteiger partial charge in [-0.25, -0.2) is 9.87 Å². The molecule has 1 aliphatic heterocycles. The highest BCUT2D eigenvalue weighted by atomic mass is 19.1. The Morgan fingerprint density at radius 2 is 2.33 bits per heavy atom. The van der Waals surface area contributed by atoms with Crippen LogP contribution in [0.15, 0.2) is 24.3 Å². The molecule has 0 aromatic heterocycles. The van der Waals surface area contributed by atoms with E-state index < -0.39 is 0 Å². The standard InChI is InChI=1S/C13H17FN2O2/c14-12-6-2-1-4-10(12)8-13(17)16-18-11-5-3-7-15-9-11/h1-2,4,6,11,15H,3,5,7-9H2,(H,16,17). The molecular formula is C13H17FN2O2. The second kappa shape index (κ2) is 6.47. The Morgan fingerprint density at radius 3 is 3.06 bits per heavy atom. The summed E-state index contributed by atoms with van der Waals surface area (Å²) in [7, 11) is 0. The van der Waals surface area contributed by atoms with E-state index >= 15 is 0 Å². The molecule has 1 amide bonds. The van der Waals surface area contributed by atoms with Crippen LogP contribution in [0.5, 0.6) is 0 Å². The van der Waals surface area contributed by atoms with E-state index in [0.717, 1.165) is 25.9 Å². The van der Waals surface area contributed by atoms with Gasteiger partial charge in [-0.3, -0.25) is 9.63 Å². The zero-order valence-electron chi connectivity index (χ0n) is 10.1. The van der Waals surface area contributed by atoms with Crippen molar-refractivity contribution < 1.29 is 14.0 Å². The smallest absolute Gasteiger partial charge is 0.248 e. The molecule has 0 spiro atoms. The van der Waals surface area contributed by atoms with Crippen molar-refractivity contribution in [1.82, 2.24) is 10.8 Å². The van der Waals surface area contributed by atoms with Crippen molar-refractivity contribution in [3.8, 4) is 0 Å². The van der Waals surface area contributed by atoms with Crippen molar-refractivity contribution in [2.24, 2.45) is 0 Å². The summed E-state index contributed by atoms with van der Waals surface area (Å²) < 4.78 is 13.3. The van der Waals surface area contributed by atoms with Crippen LogP contribution >= 0.6 is 0 Å². The highest BCUT2D eigenvalue weighted by Gasteiger charge is 2.15. The maximum absolute atomic E-state index is 13.3. The fourth-order valence-corrected chi connectivity index (χ4v) is 1.92. The van der Waals surface area contributed by atoms with Gasteiger partial charge in [0.1, 0.15) is 5.82 Å². The number of halogens is 1. The Kier molecular flexibility index (Phi) is 4.66. The first-order valence-electron chi connectivity index (χ1n) is 6.14. The van der Waals surface area contributed by atoms with Gasteiger partial charge in [-0.2, -0.15) is 0 Å². The maximum atomic E-state index is 13.3. The second-order valence-electron chi connectivity index (χ2n) is 4.38. The lowest BCUT2D eigenvalue weighted by atomic mass is 10.1. The largest absolute Gasteiger partial charge is 0.314 e. The molecule has 1 aromatic rings. The summed E-state index contributed by atoms with van der Waals surface area (Å²) in [4.78, 5) is 16.9. The molecule has 0 radical (unpaired) electrons. The number of nitrogens with one attached hydrogen (secondary N) is 2. The summed E-state index contributed by atoms with van der Waals surface area (Å²) in [5.41, 5.74) is 2.76. The van der Waals surface area contributed by atoms with Crippen molar-refractivity contribution in [1.29, 1.82) is 0 Å². The number of hydrogen-bond acceptors (Lipinski definition) is 3. The van der Waals surface area contributed by atoms with Gasteiger partial charge in [-0.15, -0.1) is 0 Å². The molecule has 1 unspecified atom stereocenters. The molecule has 1 aliphatic rings. The fraction of sp³-hybridized carbons (Fsp3) is 0.462. The van der Waals surface area contributed by atoms with Crippen LogP contribution in [-0.4, -0.2) is 25.1 Å². The van der Waals surface area contributed by atoms with Crippen LogP contribution in [0.1, 0.15) is 18.4 Å². The average molecular weight is 252 g/mol. The molecule has 4 nitrogen and oxygen atoms in total. The van der Waals surface area contributed by atoms with E-state index in [1.807, 2.05) is 0 Å². The summed E-state index contributed by atoms with van der Waals surface area (Å²) in [6.07, 6.45) is 1.96. The number of carbonyl (C=O) groups is 1. The molecule has 2 N–H and O–H groups in total. The molecular weight excluding hydrogens is 235 g/mol. The molecule has 18 heavy (non-hydrogen) atoms. The number of rotatable bonds is 4. The van der Waals surface area contributed by atoms with E-state index in [0.29, 0.717) is 5.56 Å². The molecule has 1 aromatic carbocycles. The summed E-state index contributed by atoms with van der Waals surface area (Å²) in [5.74, 6) is -0.697. The summed E-state index contributed by atoms with van der Waals surface area (Å²) in [6.45, 7) is 1.73. The monoisotopic (exact) mass is 252 g/mol. The number of amides is 1. The average Bonchev–Trinajstić information content (AvgIpc) is 2.40. The number of benzene rings is 1. The van der Waals surface area contributed by atoms with Crippen LogP contribution in [0, 0.1) is 5.82 Å². The van der Waals surface area contributed by atoms with Crippen LogP contribution in [0.25, 0.3) is 0 Å². The Labute approximate surface area is 105 Å². The Morgan fingerprint density at radius 1 is 1.50 bits per heavy atom. The first-order chi connectivity index (χ1) is 8.75. The van der Waals surface area contributed by atoms with Crippen molar-refractivity contribution >= 4 is 5.91 Å². The lowest BCUT2D eigenvalue weighted by Crippen LogP contribution is -2.40. The van der Waals surface area contributed by atoms with E-state index in [4.69, 9.17) is 4.84 Å². The molecule has 98 valence electrons. The SMILES string of the molecule is O=C(Cc1ccccc1F)NOC1CCCNC1. The Bertz CT molecular complexity index is 406. The van der Waals surface area contributed by atoms with E-state index in [2.05, 4.69) is 10.8 Å². The van der Waals surface area contributed by atoms with E-state index in [1.165, 1.54) is 6.07 Å². The predicted octanol–water partition coefficient (Wildman–Crippen LogP) is 1.17. The first kappa shape index (κ1) is 13.0. The third kappa shape index (κ3) is 3.78. The molecule has 1 heterocycles. The third-order valence-electron chi connectivity index (χ3n) is 2.90. The molecule has 1 atom stereocenters. The van der Waals surface area contributed by atoms with Crippen molar-refractivity contribution in [3.63, 3.8) is 0 Å². The topological polar surface area (TPSA) is 50.4 Å². The van der Waals surface area contributed by atoms with Gasteiger partial charge in [0, 0.05) is 6.54 Å². The van der Waals surface area contributed by atoms with E-state index in [1.54, 1.807) is 18.2 Å². The van der Waals surface area contributed by atoms with Crippen molar-refractivity contribution in [2.45, 2.75) is 25.4 Å². The maximum Gasteiger partial charge on any atom is 0.248 e. The van der Waals surface area contributed by atoms with Gasteiger partial charge in [-0.1, -0.05) is 18.2 Å². The van der Waals surface area contributed by atoms with Gasteiger partial charge in [-0.05, 0) is 31.0 Å². The minimum atomic E-state index is -0.369. The first-order valence-corrected chi connectivity index (χ1v) is 6.14. The minimum Gasteiger partial charge on any atom is -0.314 e. The molecule has 2 rings (SSSR count). The van der Waals surface area contributed by atoms with Gasteiger partial charge in [0.15, 0.2) is 0 Å². The molecule has 0 saturated carbocycles. The quantitative estimate of drug-likeness (QED) is 0.791. The Balaban J connectivity index is 1.76. The number of hydroxylamine groups is 1. The third-order valence-corrected chi connectivity index (χ3v) is 2.90. The second-order valence-corrected chi connectivity index (χ2v) is 4.38. The molecule has 5 heteroatoms. The number of carbonyl (C=O) groups excluding carboxylic acids is 1. The van der Waals surface area contributed by atoms with Crippen LogP contribution in [-0.2, 0) is 16.1 Å². The predicted molar refractivity (Wildman–Crippen MR) is 65.2 cm³/mol. The van der Waals surface area contributed by atoms with Gasteiger partial charge in [0.25, 0.3) is 0 Å². The number of hydrogen-bond donors (Lipinski definition) is 2. The van der Waals surface area contributed by atoms with E-state index in [-0.39, 0.29) is 24.2 Å². The van der Waals surface area contributed by atoms with Gasteiger partial charge < -0.3 is 5.32 Å². The molecule has 0 bridgehead atoms. The number of piperidine rings is 1. The van der Waals surface area contributed by atoms with Gasteiger partial charge >= 0.3 is 0 Å². The van der Waals surface area contributed by atoms with E-state index in [9.17, 15) is 9.18 Å². The zero-order chi connectivity index (χ0) is 12.8. The van der Waals surface area contributed by atoms with Crippen LogP contribution < -0.4 is 10.8 Å². The lowest BCUT2D eigenvalue weighted by molar-refractivity contribution is -0.138. The normalized spacial score (nSPS) is 19.5. The summed E-state index contributed by atoms with van der Waals surface area (Å²) in [6, 6.07) is 6.24. The van der Waals surface area contributed by atoms with Crippen LogP contribution in [0.3, 0.4) is 0 Å². The van der Waals surface area contributed by atoms with Gasteiger partial charge in [0.2, 0.25) is 5.91 Å². The van der Waals surface area contributed by atoms with Crippen LogP contribution in [0.2, 0.25) is 0 Å². The minimum absolute atomic E-state index is 0.00307. The molecule has 0 aliphatic carbocycles. The highest BCUT2D eigenvalue weighted by molar-refractivity contribution is 5.77. The van der Waals surface area contributed by atoms with Gasteiger partial charge in [0.05, 0.1) is 12.5 Å². The lowest BCUT2D eigenvalue weighted by Gasteiger charge is -2.22. The highest BCUT2D eigenvalue weighted by Crippen LogP contribution is 2.08. The zero-order valence-corrected chi connectivity index (χ0v) is 10.1. The van der Waals surface area contributed by atoms with Crippen molar-refractivity contribution in [3.05, 3.63) is 35.6 Å². The Hall–Kier alpha value is -1.46. The summed E-state index contributed by atoms with van der Waals surface area (Å²) >= 11 is 0. The van der Waals surface area contributed by atoms with Crippen LogP contribution in [0.4, 0.5) is 4.39 Å².